The predicted octanol–water partition coefficient (Wildman–Crippen LogP) is 0.818. The molecule has 0 unspecified atom stereocenters. The van der Waals surface area contributed by atoms with Gasteiger partial charge in [0.25, 0.3) is 10.0 Å². The van der Waals surface area contributed by atoms with Crippen molar-refractivity contribution in [1.82, 2.24) is 13.4 Å². The van der Waals surface area contributed by atoms with Gasteiger partial charge in [0.1, 0.15) is 4.21 Å². The Balaban J connectivity index is 1.64. The summed E-state index contributed by atoms with van der Waals surface area (Å²) in [5, 5.41) is 0. The van der Waals surface area contributed by atoms with E-state index in [0.29, 0.717) is 21.6 Å². The number of rotatable bonds is 4. The topological polar surface area (TPSA) is 51.7 Å². The molecule has 23 heavy (non-hydrogen) atoms. The molecule has 1 aliphatic heterocycles. The first-order valence-corrected chi connectivity index (χ1v) is 10.2. The number of sulfonamides is 1. The number of aromatic nitrogens is 2. The van der Waals surface area contributed by atoms with Crippen LogP contribution in [0.2, 0.25) is 4.34 Å². The van der Waals surface area contributed by atoms with E-state index in [1.165, 1.54) is 4.90 Å². The Morgan fingerprint density at radius 2 is 2.00 bits per heavy atom. The van der Waals surface area contributed by atoms with Gasteiger partial charge in [0.05, 0.1) is 30.5 Å². The van der Waals surface area contributed by atoms with E-state index < -0.39 is 10.0 Å². The molecule has 1 fully saturated rings. The van der Waals surface area contributed by atoms with Crippen molar-refractivity contribution in [3.8, 4) is 0 Å². The van der Waals surface area contributed by atoms with Crippen molar-refractivity contribution >= 4 is 45.2 Å². The van der Waals surface area contributed by atoms with Gasteiger partial charge < -0.3 is 9.47 Å². The van der Waals surface area contributed by atoms with Crippen molar-refractivity contribution in [2.75, 3.05) is 26.2 Å². The summed E-state index contributed by atoms with van der Waals surface area (Å²) >= 11 is 12.3. The van der Waals surface area contributed by atoms with Crippen LogP contribution >= 0.6 is 35.2 Å². The lowest BCUT2D eigenvalue weighted by Gasteiger charge is -2.31. The normalized spacial score (nSPS) is 17.7. The second-order valence-corrected chi connectivity index (χ2v) is 9.78. The summed E-state index contributed by atoms with van der Waals surface area (Å²) in [6, 6.07) is 3.20. The third-order valence-corrected chi connectivity index (χ3v) is 8.10. The molecule has 126 valence electrons. The molecule has 6 nitrogen and oxygen atoms in total. The van der Waals surface area contributed by atoms with E-state index in [-0.39, 0.29) is 0 Å². The van der Waals surface area contributed by atoms with Crippen LogP contribution in [0.3, 0.4) is 0 Å². The summed E-state index contributed by atoms with van der Waals surface area (Å²) in [4.78, 5) is 1.32. The number of hydrogen-bond acceptors (Lipinski definition) is 4. The zero-order valence-corrected chi connectivity index (χ0v) is 15.8. The summed E-state index contributed by atoms with van der Waals surface area (Å²) in [6.45, 7) is 3.29. The van der Waals surface area contributed by atoms with Gasteiger partial charge in [0.2, 0.25) is 0 Å². The van der Waals surface area contributed by atoms with Gasteiger partial charge in [-0.1, -0.05) is 11.6 Å². The number of nitrogens with one attached hydrogen (secondary N) is 1. The molecule has 0 aliphatic carbocycles. The molecule has 0 amide bonds. The first kappa shape index (κ1) is 17.1. The summed E-state index contributed by atoms with van der Waals surface area (Å²) in [5.41, 5.74) is 0. The molecular weight excluding hydrogens is 376 g/mol. The van der Waals surface area contributed by atoms with Crippen LogP contribution in [-0.2, 0) is 23.7 Å². The van der Waals surface area contributed by atoms with Crippen LogP contribution in [-0.4, -0.2) is 48.0 Å². The highest BCUT2D eigenvalue weighted by atomic mass is 35.5. The molecule has 0 saturated carbocycles. The Bertz CT molecular complexity index is 847. The van der Waals surface area contributed by atoms with Crippen molar-refractivity contribution in [2.24, 2.45) is 7.05 Å². The molecule has 3 heterocycles. The van der Waals surface area contributed by atoms with Gasteiger partial charge in [-0.3, -0.25) is 4.57 Å². The number of imidazole rings is 1. The first-order valence-electron chi connectivity index (χ1n) is 7.19. The largest absolute Gasteiger partial charge is 0.327 e. The molecule has 0 aromatic carbocycles. The summed E-state index contributed by atoms with van der Waals surface area (Å²) < 4.78 is 32.2. The lowest BCUT2D eigenvalue weighted by molar-refractivity contribution is -0.926. The van der Waals surface area contributed by atoms with Gasteiger partial charge in [0, 0.05) is 19.4 Å². The average molecular weight is 394 g/mol. The molecule has 1 N–H and O–H groups in total. The molecule has 1 aliphatic rings. The minimum Gasteiger partial charge on any atom is -0.327 e. The van der Waals surface area contributed by atoms with Gasteiger partial charge in [0.15, 0.2) is 11.4 Å². The van der Waals surface area contributed by atoms with Gasteiger partial charge in [-0.2, -0.15) is 4.31 Å². The minimum atomic E-state index is -3.42. The Morgan fingerprint density at radius 1 is 1.30 bits per heavy atom. The van der Waals surface area contributed by atoms with Gasteiger partial charge in [-0.25, -0.2) is 8.42 Å². The molecular formula is C13H18ClN4O2S3+. The van der Waals surface area contributed by atoms with Crippen molar-refractivity contribution in [1.29, 1.82) is 0 Å². The van der Waals surface area contributed by atoms with Crippen LogP contribution in [0, 0.1) is 4.77 Å². The third kappa shape index (κ3) is 3.54. The van der Waals surface area contributed by atoms with Crippen molar-refractivity contribution in [3.63, 3.8) is 0 Å². The first-order chi connectivity index (χ1) is 10.9. The Hall–Kier alpha value is -0.710. The van der Waals surface area contributed by atoms with Gasteiger partial charge >= 0.3 is 0 Å². The van der Waals surface area contributed by atoms with Crippen LogP contribution in [0.15, 0.2) is 28.7 Å². The van der Waals surface area contributed by atoms with Crippen LogP contribution in [0.25, 0.3) is 0 Å². The molecule has 1 saturated heterocycles. The highest BCUT2D eigenvalue weighted by Crippen LogP contribution is 2.27. The molecule has 2 aromatic heterocycles. The number of piperazine rings is 1. The smallest absolute Gasteiger partial charge is 0.253 e. The number of aryl methyl sites for hydroxylation is 1. The molecule has 0 radical (unpaired) electrons. The van der Waals surface area contributed by atoms with E-state index in [4.69, 9.17) is 23.8 Å². The number of thiophene rings is 1. The van der Waals surface area contributed by atoms with Crippen LogP contribution in [0.5, 0.6) is 0 Å². The zero-order valence-electron chi connectivity index (χ0n) is 12.6. The van der Waals surface area contributed by atoms with Crippen LogP contribution in [0.4, 0.5) is 0 Å². The molecule has 3 rings (SSSR count). The Labute approximate surface area is 149 Å². The molecule has 0 bridgehead atoms. The lowest BCUT2D eigenvalue weighted by atomic mass is 10.4. The predicted molar refractivity (Wildman–Crippen MR) is 93.0 cm³/mol. The highest BCUT2D eigenvalue weighted by Gasteiger charge is 2.31. The zero-order chi connectivity index (χ0) is 16.6. The van der Waals surface area contributed by atoms with Gasteiger partial charge in [-0.15, -0.1) is 11.3 Å². The molecule has 2 aromatic rings. The number of hydrogen-bond donors (Lipinski definition) is 1. The highest BCUT2D eigenvalue weighted by molar-refractivity contribution is 7.91. The van der Waals surface area contributed by atoms with E-state index in [2.05, 4.69) is 0 Å². The second-order valence-electron chi connectivity index (χ2n) is 5.53. The van der Waals surface area contributed by atoms with Crippen LogP contribution < -0.4 is 4.90 Å². The fraction of sp³-hybridized carbons (Fsp3) is 0.462. The summed E-state index contributed by atoms with van der Waals surface area (Å²) in [6.07, 6.45) is 3.90. The summed E-state index contributed by atoms with van der Waals surface area (Å²) in [5.74, 6) is 0. The van der Waals surface area contributed by atoms with Crippen molar-refractivity contribution < 1.29 is 13.3 Å². The standard InChI is InChI=1S/C13H17ClN4O2S3/c1-15-4-7-17(13(15)21)10-16-5-8-18(9-6-16)23(19,20)12-3-2-11(14)22-12/h2-4,7H,5-6,8-10H2,1H3/p+1. The van der Waals surface area contributed by atoms with E-state index in [1.54, 1.807) is 16.4 Å². The lowest BCUT2D eigenvalue weighted by Crippen LogP contribution is -3.14. The number of quaternary nitrogens is 1. The fourth-order valence-corrected chi connectivity index (χ4v) is 5.90. The van der Waals surface area contributed by atoms with Gasteiger partial charge in [-0.05, 0) is 24.4 Å². The number of nitrogens with zero attached hydrogens (tertiary/aromatic N) is 3. The van der Waals surface area contributed by atoms with E-state index >= 15 is 0 Å². The SMILES string of the molecule is Cn1ccn(C[NH+]2CCN(S(=O)(=O)c3ccc(Cl)s3)CC2)c1=S. The minimum absolute atomic E-state index is 0.316. The number of halogens is 1. The molecule has 0 spiro atoms. The van der Waals surface area contributed by atoms with Crippen molar-refractivity contribution in [2.45, 2.75) is 10.9 Å². The van der Waals surface area contributed by atoms with E-state index in [1.807, 2.05) is 28.6 Å². The monoisotopic (exact) mass is 393 g/mol. The molecule has 10 heteroatoms. The van der Waals surface area contributed by atoms with E-state index in [0.717, 1.165) is 35.9 Å². The third-order valence-electron chi connectivity index (χ3n) is 3.98. The van der Waals surface area contributed by atoms with Crippen molar-refractivity contribution in [3.05, 3.63) is 33.6 Å². The van der Waals surface area contributed by atoms with E-state index in [9.17, 15) is 8.42 Å². The maximum Gasteiger partial charge on any atom is 0.253 e. The second kappa shape index (κ2) is 6.66. The molecule has 0 atom stereocenters. The Morgan fingerprint density at radius 3 is 2.52 bits per heavy atom. The fourth-order valence-electron chi connectivity index (χ4n) is 2.64. The van der Waals surface area contributed by atoms with Crippen LogP contribution in [0.1, 0.15) is 0 Å². The Kier molecular flexibility index (Phi) is 4.96. The maximum absolute atomic E-state index is 12.6. The quantitative estimate of drug-likeness (QED) is 0.782. The summed E-state index contributed by atoms with van der Waals surface area (Å²) in [7, 11) is -1.50. The average Bonchev–Trinajstić information content (AvgIpc) is 3.09. The maximum atomic E-state index is 12.6.